The van der Waals surface area contributed by atoms with E-state index in [1.165, 1.54) is 4.31 Å². The molecule has 0 saturated carbocycles. The van der Waals surface area contributed by atoms with Crippen LogP contribution in [-0.2, 0) is 14.8 Å². The van der Waals surface area contributed by atoms with Crippen LogP contribution in [0.2, 0.25) is 0 Å². The number of rotatable bonds is 11. The van der Waals surface area contributed by atoms with E-state index in [-0.39, 0.29) is 17.3 Å². The summed E-state index contributed by atoms with van der Waals surface area (Å²) in [4.78, 5) is 25.3. The third kappa shape index (κ3) is 5.60. The summed E-state index contributed by atoms with van der Waals surface area (Å²) >= 11 is 0. The summed E-state index contributed by atoms with van der Waals surface area (Å²) in [7, 11) is -3.62. The van der Waals surface area contributed by atoms with Crippen LogP contribution in [0.25, 0.3) is 0 Å². The Morgan fingerprint density at radius 3 is 2.48 bits per heavy atom. The van der Waals surface area contributed by atoms with Crippen LogP contribution in [0.15, 0.2) is 23.1 Å². The molecule has 0 spiro atoms. The molecule has 3 amide bonds. The number of nitrogens with one attached hydrogen (secondary N) is 3. The smallest absolute Gasteiger partial charge is 0.324 e. The molecule has 0 atom stereocenters. The van der Waals surface area contributed by atoms with Crippen LogP contribution in [0.1, 0.15) is 33.6 Å². The van der Waals surface area contributed by atoms with E-state index in [1.54, 1.807) is 32.0 Å². The van der Waals surface area contributed by atoms with Gasteiger partial charge in [0.2, 0.25) is 15.9 Å². The number of imide groups is 1. The van der Waals surface area contributed by atoms with Crippen molar-refractivity contribution in [1.29, 1.82) is 0 Å². The van der Waals surface area contributed by atoms with Gasteiger partial charge in [0.15, 0.2) is 0 Å². The molecule has 0 unspecified atom stereocenters. The van der Waals surface area contributed by atoms with Gasteiger partial charge in [0, 0.05) is 32.7 Å². The summed E-state index contributed by atoms with van der Waals surface area (Å²) in [5, 5.41) is 8.88. The molecule has 1 aromatic carbocycles. The standard InChI is InChI=1S/C19H31N5O4S/c1-4-7-10-20-16-9-8-15(29(27,28)23(5-2)6-3)13-17(16)22-14-18(25)24-12-11-21-19(24)26/h8-9,13,20,22H,4-7,10-12,14H2,1-3H3,(H,21,26). The van der Waals surface area contributed by atoms with E-state index < -0.39 is 16.1 Å². The molecule has 3 N–H and O–H groups in total. The maximum atomic E-state index is 12.9. The van der Waals surface area contributed by atoms with Crippen molar-refractivity contribution >= 4 is 33.3 Å². The predicted molar refractivity (Wildman–Crippen MR) is 114 cm³/mol. The van der Waals surface area contributed by atoms with Crippen molar-refractivity contribution < 1.29 is 18.0 Å². The van der Waals surface area contributed by atoms with E-state index in [1.807, 2.05) is 0 Å². The molecular formula is C19H31N5O4S. The summed E-state index contributed by atoms with van der Waals surface area (Å²) in [5.74, 6) is -0.364. The molecular weight excluding hydrogens is 394 g/mol. The van der Waals surface area contributed by atoms with Gasteiger partial charge in [-0.1, -0.05) is 27.2 Å². The van der Waals surface area contributed by atoms with Crippen LogP contribution in [0, 0.1) is 0 Å². The summed E-state index contributed by atoms with van der Waals surface area (Å²) in [6.45, 7) is 7.81. The summed E-state index contributed by atoms with van der Waals surface area (Å²) in [5.41, 5.74) is 1.23. The second-order valence-corrected chi connectivity index (χ2v) is 8.65. The fraction of sp³-hybridized carbons (Fsp3) is 0.579. The fourth-order valence-corrected chi connectivity index (χ4v) is 4.56. The number of hydrogen-bond acceptors (Lipinski definition) is 6. The third-order valence-corrected chi connectivity index (χ3v) is 6.81. The lowest BCUT2D eigenvalue weighted by Gasteiger charge is -2.21. The number of hydrogen-bond donors (Lipinski definition) is 3. The van der Waals surface area contributed by atoms with Gasteiger partial charge in [-0.05, 0) is 24.6 Å². The van der Waals surface area contributed by atoms with Crippen LogP contribution in [0.4, 0.5) is 16.2 Å². The first kappa shape index (κ1) is 23.0. The molecule has 2 rings (SSSR count). The van der Waals surface area contributed by atoms with Gasteiger partial charge in [-0.15, -0.1) is 0 Å². The summed E-state index contributed by atoms with van der Waals surface area (Å²) in [6, 6.07) is 4.42. The van der Waals surface area contributed by atoms with Crippen LogP contribution in [0.3, 0.4) is 0 Å². The summed E-state index contributed by atoms with van der Waals surface area (Å²) in [6.07, 6.45) is 1.98. The molecule has 1 saturated heterocycles. The zero-order valence-corrected chi connectivity index (χ0v) is 18.1. The number of anilines is 2. The quantitative estimate of drug-likeness (QED) is 0.467. The number of benzene rings is 1. The highest BCUT2D eigenvalue weighted by Gasteiger charge is 2.26. The zero-order valence-electron chi connectivity index (χ0n) is 17.3. The van der Waals surface area contributed by atoms with Gasteiger partial charge >= 0.3 is 6.03 Å². The molecule has 0 aliphatic carbocycles. The minimum absolute atomic E-state index is 0.106. The van der Waals surface area contributed by atoms with E-state index in [9.17, 15) is 18.0 Å². The summed E-state index contributed by atoms with van der Waals surface area (Å²) < 4.78 is 27.1. The van der Waals surface area contributed by atoms with Crippen molar-refractivity contribution in [2.45, 2.75) is 38.5 Å². The Kier molecular flexibility index (Phi) is 8.27. The molecule has 1 aliphatic heterocycles. The predicted octanol–water partition coefficient (Wildman–Crippen LogP) is 1.89. The Balaban J connectivity index is 2.25. The van der Waals surface area contributed by atoms with E-state index in [4.69, 9.17) is 0 Å². The molecule has 0 bridgehead atoms. The van der Waals surface area contributed by atoms with Crippen LogP contribution in [-0.4, -0.2) is 68.8 Å². The highest BCUT2D eigenvalue weighted by molar-refractivity contribution is 7.89. The first-order chi connectivity index (χ1) is 13.8. The van der Waals surface area contributed by atoms with Gasteiger partial charge in [0.05, 0.1) is 22.8 Å². The van der Waals surface area contributed by atoms with Crippen molar-refractivity contribution in [3.63, 3.8) is 0 Å². The van der Waals surface area contributed by atoms with Crippen molar-refractivity contribution in [3.8, 4) is 0 Å². The van der Waals surface area contributed by atoms with Crippen molar-refractivity contribution in [3.05, 3.63) is 18.2 Å². The topological polar surface area (TPSA) is 111 Å². The van der Waals surface area contributed by atoms with E-state index in [2.05, 4.69) is 22.9 Å². The lowest BCUT2D eigenvalue weighted by molar-refractivity contribution is -0.125. The Hall–Kier alpha value is -2.33. The first-order valence-electron chi connectivity index (χ1n) is 10.0. The number of sulfonamides is 1. The minimum Gasteiger partial charge on any atom is -0.383 e. The fourth-order valence-electron chi connectivity index (χ4n) is 3.07. The van der Waals surface area contributed by atoms with E-state index in [0.29, 0.717) is 31.9 Å². The largest absolute Gasteiger partial charge is 0.383 e. The Labute approximate surface area is 172 Å². The lowest BCUT2D eigenvalue weighted by atomic mass is 10.2. The van der Waals surface area contributed by atoms with Crippen molar-refractivity contribution in [2.24, 2.45) is 0 Å². The molecule has 1 fully saturated rings. The average molecular weight is 426 g/mol. The van der Waals surface area contributed by atoms with Gasteiger partial charge in [-0.2, -0.15) is 4.31 Å². The van der Waals surface area contributed by atoms with Gasteiger partial charge in [-0.25, -0.2) is 13.2 Å². The Bertz CT molecular complexity index is 824. The molecule has 0 aromatic heterocycles. The highest BCUT2D eigenvalue weighted by Crippen LogP contribution is 2.27. The van der Waals surface area contributed by atoms with Crippen molar-refractivity contribution in [1.82, 2.24) is 14.5 Å². The Morgan fingerprint density at radius 1 is 1.17 bits per heavy atom. The molecule has 1 aromatic rings. The second kappa shape index (κ2) is 10.4. The van der Waals surface area contributed by atoms with Crippen molar-refractivity contribution in [2.75, 3.05) is 49.9 Å². The lowest BCUT2D eigenvalue weighted by Crippen LogP contribution is -2.38. The van der Waals surface area contributed by atoms with E-state index >= 15 is 0 Å². The maximum absolute atomic E-state index is 12.9. The van der Waals surface area contributed by atoms with Crippen LogP contribution in [0.5, 0.6) is 0 Å². The molecule has 0 radical (unpaired) electrons. The normalized spacial score (nSPS) is 14.2. The first-order valence-corrected chi connectivity index (χ1v) is 11.5. The van der Waals surface area contributed by atoms with Gasteiger partial charge < -0.3 is 16.0 Å². The van der Waals surface area contributed by atoms with Gasteiger partial charge in [0.25, 0.3) is 0 Å². The SMILES string of the molecule is CCCCNc1ccc(S(=O)(=O)N(CC)CC)cc1NCC(=O)N1CCNC1=O. The number of carbonyl (C=O) groups excluding carboxylic acids is 2. The third-order valence-electron chi connectivity index (χ3n) is 4.77. The maximum Gasteiger partial charge on any atom is 0.324 e. The van der Waals surface area contributed by atoms with E-state index in [0.717, 1.165) is 30.0 Å². The number of amides is 3. The second-order valence-electron chi connectivity index (χ2n) is 6.71. The molecule has 1 heterocycles. The highest BCUT2D eigenvalue weighted by atomic mass is 32.2. The van der Waals surface area contributed by atoms with Gasteiger partial charge in [0.1, 0.15) is 0 Å². The number of nitrogens with zero attached hydrogens (tertiary/aromatic N) is 2. The minimum atomic E-state index is -3.62. The number of urea groups is 1. The zero-order chi connectivity index (χ0) is 21.4. The van der Waals surface area contributed by atoms with Gasteiger partial charge in [-0.3, -0.25) is 9.69 Å². The molecule has 1 aliphatic rings. The monoisotopic (exact) mass is 425 g/mol. The molecule has 10 heteroatoms. The van der Waals surface area contributed by atoms with Crippen LogP contribution >= 0.6 is 0 Å². The Morgan fingerprint density at radius 2 is 1.90 bits per heavy atom. The molecule has 29 heavy (non-hydrogen) atoms. The number of carbonyl (C=O) groups is 2. The van der Waals surface area contributed by atoms with Crippen LogP contribution < -0.4 is 16.0 Å². The molecule has 162 valence electrons. The number of unbranched alkanes of at least 4 members (excludes halogenated alkanes) is 1. The average Bonchev–Trinajstić information content (AvgIpc) is 3.13. The molecule has 9 nitrogen and oxygen atoms in total.